The summed E-state index contributed by atoms with van der Waals surface area (Å²) in [5.74, 6) is 0.786. The van der Waals surface area contributed by atoms with Crippen molar-refractivity contribution in [3.05, 3.63) is 61.8 Å². The molecule has 0 saturated carbocycles. The summed E-state index contributed by atoms with van der Waals surface area (Å²) in [5, 5.41) is 3.22. The van der Waals surface area contributed by atoms with Crippen LogP contribution in [0.25, 0.3) is 0 Å². The first-order valence-electron chi connectivity index (χ1n) is 8.13. The number of carbonyl (C=O) groups is 1. The van der Waals surface area contributed by atoms with Crippen molar-refractivity contribution >= 4 is 23.8 Å². The standard InChI is InChI=1S/C18H17N3O3S/c1-24-12-8-3-2-5-9(12)13-14-10(6-4-7-11(14)22)19-16-15(13)17(23)21-18(25)20-16/h2-3,5,8,13H,4,6-7H2,1H3,(H3,19,20,21,23,25)/t13-/m0/s1. The van der Waals surface area contributed by atoms with Gasteiger partial charge in [-0.15, -0.1) is 0 Å². The molecule has 0 unspecified atom stereocenters. The molecule has 0 fully saturated rings. The van der Waals surface area contributed by atoms with Gasteiger partial charge in [0.05, 0.1) is 18.6 Å². The number of ketones is 1. The summed E-state index contributed by atoms with van der Waals surface area (Å²) in [7, 11) is 1.58. The third kappa shape index (κ3) is 2.51. The number of benzene rings is 1. The number of hydrogen-bond donors (Lipinski definition) is 3. The van der Waals surface area contributed by atoms with Crippen molar-refractivity contribution in [1.29, 1.82) is 0 Å². The Balaban J connectivity index is 2.05. The van der Waals surface area contributed by atoms with Crippen LogP contribution in [0.3, 0.4) is 0 Å². The summed E-state index contributed by atoms with van der Waals surface area (Å²) in [6.45, 7) is 0. The van der Waals surface area contributed by atoms with Gasteiger partial charge in [0.15, 0.2) is 10.6 Å². The van der Waals surface area contributed by atoms with E-state index in [0.29, 0.717) is 29.1 Å². The molecule has 128 valence electrons. The molecule has 3 N–H and O–H groups in total. The van der Waals surface area contributed by atoms with Crippen LogP contribution in [0.2, 0.25) is 0 Å². The number of para-hydroxylation sites is 1. The monoisotopic (exact) mass is 355 g/mol. The van der Waals surface area contributed by atoms with Crippen molar-refractivity contribution in [3.63, 3.8) is 0 Å². The van der Waals surface area contributed by atoms with Crippen LogP contribution in [0.1, 0.15) is 36.3 Å². The molecule has 1 aromatic heterocycles. The molecule has 2 aromatic rings. The maximum Gasteiger partial charge on any atom is 0.257 e. The molecule has 0 saturated heterocycles. The number of ether oxygens (including phenoxy) is 1. The summed E-state index contributed by atoms with van der Waals surface area (Å²) in [5.41, 5.74) is 2.47. The van der Waals surface area contributed by atoms with Gasteiger partial charge < -0.3 is 15.0 Å². The first kappa shape index (κ1) is 15.8. The SMILES string of the molecule is COc1ccccc1[C@H]1C2=C(CCCC2=O)Nc2[nH]c(=S)[nH]c(=O)c21. The summed E-state index contributed by atoms with van der Waals surface area (Å²) >= 11 is 5.10. The Bertz CT molecular complexity index is 1020. The number of hydrogen-bond acceptors (Lipinski definition) is 5. The molecule has 1 aliphatic carbocycles. The first-order chi connectivity index (χ1) is 12.1. The fourth-order valence-electron chi connectivity index (χ4n) is 3.71. The highest BCUT2D eigenvalue weighted by atomic mass is 32.1. The largest absolute Gasteiger partial charge is 0.496 e. The van der Waals surface area contributed by atoms with Crippen LogP contribution >= 0.6 is 12.2 Å². The number of rotatable bonds is 2. The molecule has 25 heavy (non-hydrogen) atoms. The predicted molar refractivity (Wildman–Crippen MR) is 96.6 cm³/mol. The van der Waals surface area contributed by atoms with Gasteiger partial charge in [0.2, 0.25) is 0 Å². The Hall–Kier alpha value is -2.67. The first-order valence-corrected chi connectivity index (χ1v) is 8.53. The van der Waals surface area contributed by atoms with Crippen molar-refractivity contribution in [2.75, 3.05) is 12.4 Å². The van der Waals surface area contributed by atoms with E-state index in [-0.39, 0.29) is 16.1 Å². The van der Waals surface area contributed by atoms with Crippen molar-refractivity contribution in [1.82, 2.24) is 9.97 Å². The number of anilines is 1. The van der Waals surface area contributed by atoms with Crippen molar-refractivity contribution in [2.24, 2.45) is 0 Å². The zero-order valence-electron chi connectivity index (χ0n) is 13.6. The zero-order valence-corrected chi connectivity index (χ0v) is 14.5. The van der Waals surface area contributed by atoms with Crippen LogP contribution in [-0.4, -0.2) is 22.9 Å². The van der Waals surface area contributed by atoms with Crippen LogP contribution in [0.4, 0.5) is 5.82 Å². The number of methoxy groups -OCH3 is 1. The topological polar surface area (TPSA) is 87.0 Å². The molecule has 0 spiro atoms. The van der Waals surface area contributed by atoms with Crippen LogP contribution in [-0.2, 0) is 4.79 Å². The van der Waals surface area contributed by atoms with Gasteiger partial charge in [0.1, 0.15) is 11.6 Å². The Morgan fingerprint density at radius 1 is 1.16 bits per heavy atom. The Morgan fingerprint density at radius 2 is 1.96 bits per heavy atom. The van der Waals surface area contributed by atoms with Gasteiger partial charge in [-0.25, -0.2) is 0 Å². The van der Waals surface area contributed by atoms with Gasteiger partial charge in [-0.2, -0.15) is 0 Å². The van der Waals surface area contributed by atoms with E-state index in [1.807, 2.05) is 24.3 Å². The molecular formula is C18H17N3O3S. The molecule has 1 atom stereocenters. The number of aromatic amines is 2. The van der Waals surface area contributed by atoms with E-state index in [1.165, 1.54) is 0 Å². The molecule has 2 aliphatic rings. The third-order valence-corrected chi connectivity index (χ3v) is 4.94. The Morgan fingerprint density at radius 3 is 2.76 bits per heavy atom. The number of H-pyrrole nitrogens is 2. The van der Waals surface area contributed by atoms with Gasteiger partial charge in [0, 0.05) is 23.3 Å². The molecule has 1 aromatic carbocycles. The summed E-state index contributed by atoms with van der Waals surface area (Å²) in [6.07, 6.45) is 2.05. The van der Waals surface area contributed by atoms with Crippen molar-refractivity contribution in [3.8, 4) is 5.75 Å². The molecule has 7 heteroatoms. The fourth-order valence-corrected chi connectivity index (χ4v) is 3.90. The number of Topliss-reactive ketones (excluding diaryl/α,β-unsaturated/α-hetero) is 1. The fraction of sp³-hybridized carbons (Fsp3) is 0.278. The van der Waals surface area contributed by atoms with Crippen LogP contribution in [0.5, 0.6) is 5.75 Å². The normalized spacial score (nSPS) is 19.1. The van der Waals surface area contributed by atoms with Gasteiger partial charge in [-0.3, -0.25) is 14.6 Å². The highest BCUT2D eigenvalue weighted by Crippen LogP contribution is 2.45. The summed E-state index contributed by atoms with van der Waals surface area (Å²) < 4.78 is 5.75. The van der Waals surface area contributed by atoms with Crippen LogP contribution < -0.4 is 15.6 Å². The van der Waals surface area contributed by atoms with Gasteiger partial charge >= 0.3 is 0 Å². The summed E-state index contributed by atoms with van der Waals surface area (Å²) in [6, 6.07) is 7.48. The second-order valence-corrected chi connectivity index (χ2v) is 6.57. The number of aromatic nitrogens is 2. The van der Waals surface area contributed by atoms with Crippen molar-refractivity contribution < 1.29 is 9.53 Å². The lowest BCUT2D eigenvalue weighted by Gasteiger charge is -2.33. The third-order valence-electron chi connectivity index (χ3n) is 4.74. The highest BCUT2D eigenvalue weighted by Gasteiger charge is 2.38. The second-order valence-electron chi connectivity index (χ2n) is 6.17. The molecular weight excluding hydrogens is 338 g/mol. The van der Waals surface area contributed by atoms with Crippen LogP contribution in [0.15, 0.2) is 40.3 Å². The predicted octanol–water partition coefficient (Wildman–Crippen LogP) is 3.01. The molecule has 2 heterocycles. The van der Waals surface area contributed by atoms with E-state index in [9.17, 15) is 9.59 Å². The van der Waals surface area contributed by atoms with E-state index < -0.39 is 5.92 Å². The maximum absolute atomic E-state index is 12.7. The molecule has 6 nitrogen and oxygen atoms in total. The quantitative estimate of drug-likeness (QED) is 0.721. The van der Waals surface area contributed by atoms with Crippen LogP contribution in [0, 0.1) is 4.77 Å². The van der Waals surface area contributed by atoms with E-state index in [2.05, 4.69) is 15.3 Å². The average molecular weight is 355 g/mol. The molecule has 0 bridgehead atoms. The highest BCUT2D eigenvalue weighted by molar-refractivity contribution is 7.71. The number of allylic oxidation sites excluding steroid dienone is 2. The summed E-state index contributed by atoms with van der Waals surface area (Å²) in [4.78, 5) is 31.1. The van der Waals surface area contributed by atoms with E-state index in [1.54, 1.807) is 7.11 Å². The molecule has 1 aliphatic heterocycles. The lowest BCUT2D eigenvalue weighted by molar-refractivity contribution is -0.116. The van der Waals surface area contributed by atoms with E-state index in [4.69, 9.17) is 17.0 Å². The van der Waals surface area contributed by atoms with Gasteiger partial charge in [-0.1, -0.05) is 18.2 Å². The average Bonchev–Trinajstić information content (AvgIpc) is 2.60. The lowest BCUT2D eigenvalue weighted by atomic mass is 9.76. The van der Waals surface area contributed by atoms with Gasteiger partial charge in [-0.05, 0) is 31.1 Å². The number of fused-ring (bicyclic) bond motifs is 1. The molecule has 0 radical (unpaired) electrons. The minimum Gasteiger partial charge on any atom is -0.496 e. The number of nitrogens with one attached hydrogen (secondary N) is 3. The number of carbonyl (C=O) groups excluding carboxylic acids is 1. The zero-order chi connectivity index (χ0) is 17.6. The van der Waals surface area contributed by atoms with E-state index in [0.717, 1.165) is 24.1 Å². The maximum atomic E-state index is 12.7. The minimum absolute atomic E-state index is 0.0668. The van der Waals surface area contributed by atoms with E-state index >= 15 is 0 Å². The smallest absolute Gasteiger partial charge is 0.257 e. The second kappa shape index (κ2) is 6.00. The van der Waals surface area contributed by atoms with Gasteiger partial charge in [0.25, 0.3) is 5.56 Å². The molecule has 0 amide bonds. The lowest BCUT2D eigenvalue weighted by Crippen LogP contribution is -2.32. The Kier molecular flexibility index (Phi) is 3.80. The minimum atomic E-state index is -0.481. The Labute approximate surface area is 148 Å². The molecule has 4 rings (SSSR count). The van der Waals surface area contributed by atoms with Crippen molar-refractivity contribution in [2.45, 2.75) is 25.2 Å².